The first-order valence-corrected chi connectivity index (χ1v) is 9.76. The van der Waals surface area contributed by atoms with E-state index in [4.69, 9.17) is 32.7 Å². The highest BCUT2D eigenvalue weighted by atomic mass is 35.5. The molecule has 28 heavy (non-hydrogen) atoms. The summed E-state index contributed by atoms with van der Waals surface area (Å²) in [4.78, 5) is 11.5. The summed E-state index contributed by atoms with van der Waals surface area (Å²) in [6.45, 7) is 4.61. The normalized spacial score (nSPS) is 12.1. The molecule has 0 aliphatic heterocycles. The number of aliphatic carboxylic acids is 1. The largest absolute Gasteiger partial charge is 0.493 e. The fourth-order valence-electron chi connectivity index (χ4n) is 2.79. The SMILES string of the molecule is COc1cccc(CNC(CC(C)C)C(=O)O)c1OCc1ccc(Cl)c(Cl)c1. The minimum atomic E-state index is -0.866. The number of carboxylic acids is 1. The van der Waals surface area contributed by atoms with E-state index in [9.17, 15) is 9.90 Å². The van der Waals surface area contributed by atoms with Gasteiger partial charge in [-0.15, -0.1) is 0 Å². The van der Waals surface area contributed by atoms with Crippen molar-refractivity contribution < 1.29 is 19.4 Å². The molecule has 1 unspecified atom stereocenters. The Balaban J connectivity index is 2.16. The zero-order chi connectivity index (χ0) is 20.7. The Labute approximate surface area is 175 Å². The summed E-state index contributed by atoms with van der Waals surface area (Å²) in [6, 6.07) is 10.2. The van der Waals surface area contributed by atoms with Crippen molar-refractivity contribution in [2.45, 2.75) is 39.5 Å². The number of para-hydroxylation sites is 1. The van der Waals surface area contributed by atoms with E-state index in [1.165, 1.54) is 0 Å². The van der Waals surface area contributed by atoms with Crippen molar-refractivity contribution in [1.82, 2.24) is 5.32 Å². The third kappa shape index (κ3) is 6.30. The smallest absolute Gasteiger partial charge is 0.320 e. The highest BCUT2D eigenvalue weighted by Crippen LogP contribution is 2.32. The zero-order valence-corrected chi connectivity index (χ0v) is 17.7. The second-order valence-corrected chi connectivity index (χ2v) is 7.70. The molecule has 0 saturated heterocycles. The van der Waals surface area contributed by atoms with Crippen molar-refractivity contribution in [1.29, 1.82) is 0 Å². The molecule has 5 nitrogen and oxygen atoms in total. The molecule has 0 saturated carbocycles. The number of rotatable bonds is 10. The molecule has 0 bridgehead atoms. The van der Waals surface area contributed by atoms with Crippen LogP contribution < -0.4 is 14.8 Å². The van der Waals surface area contributed by atoms with Crippen molar-refractivity contribution in [3.05, 3.63) is 57.6 Å². The molecule has 2 aromatic rings. The maximum atomic E-state index is 11.5. The monoisotopic (exact) mass is 425 g/mol. The van der Waals surface area contributed by atoms with Gasteiger partial charge in [-0.2, -0.15) is 0 Å². The Morgan fingerprint density at radius 1 is 1.18 bits per heavy atom. The Kier molecular flexibility index (Phi) is 8.42. The fraction of sp³-hybridized carbons (Fsp3) is 0.381. The molecular formula is C21H25Cl2NO4. The van der Waals surface area contributed by atoms with Crippen molar-refractivity contribution in [2.75, 3.05) is 7.11 Å². The van der Waals surface area contributed by atoms with Crippen LogP contribution in [0.4, 0.5) is 0 Å². The van der Waals surface area contributed by atoms with Gasteiger partial charge in [-0.05, 0) is 36.1 Å². The lowest BCUT2D eigenvalue weighted by atomic mass is 10.0. The lowest BCUT2D eigenvalue weighted by molar-refractivity contribution is -0.140. The van der Waals surface area contributed by atoms with Crippen LogP contribution >= 0.6 is 23.2 Å². The number of nitrogens with one attached hydrogen (secondary N) is 1. The molecule has 1 atom stereocenters. The third-order valence-corrected chi connectivity index (χ3v) is 4.93. The van der Waals surface area contributed by atoms with Crippen LogP contribution in [0.5, 0.6) is 11.5 Å². The van der Waals surface area contributed by atoms with Gasteiger partial charge in [0, 0.05) is 12.1 Å². The lowest BCUT2D eigenvalue weighted by Crippen LogP contribution is -2.37. The molecule has 152 valence electrons. The van der Waals surface area contributed by atoms with E-state index in [1.54, 1.807) is 25.3 Å². The minimum Gasteiger partial charge on any atom is -0.493 e. The maximum Gasteiger partial charge on any atom is 0.320 e. The number of halogens is 2. The summed E-state index contributed by atoms with van der Waals surface area (Å²) in [5.41, 5.74) is 1.68. The van der Waals surface area contributed by atoms with Crippen molar-refractivity contribution in [2.24, 2.45) is 5.92 Å². The van der Waals surface area contributed by atoms with Crippen LogP contribution in [-0.2, 0) is 17.9 Å². The molecule has 2 aromatic carbocycles. The van der Waals surface area contributed by atoms with Gasteiger partial charge >= 0.3 is 5.97 Å². The van der Waals surface area contributed by atoms with E-state index in [0.717, 1.165) is 11.1 Å². The van der Waals surface area contributed by atoms with Gasteiger partial charge in [0.15, 0.2) is 11.5 Å². The van der Waals surface area contributed by atoms with E-state index >= 15 is 0 Å². The number of carboxylic acid groups (broad SMARTS) is 1. The standard InChI is InChI=1S/C21H25Cl2NO4/c1-13(2)9-18(21(25)26)24-11-15-5-4-6-19(27-3)20(15)28-12-14-7-8-16(22)17(23)10-14/h4-8,10,13,18,24H,9,11-12H2,1-3H3,(H,25,26). The molecule has 0 aromatic heterocycles. The first-order valence-electron chi connectivity index (χ1n) is 9.00. The summed E-state index contributed by atoms with van der Waals surface area (Å²) in [5, 5.41) is 13.5. The number of benzene rings is 2. The Morgan fingerprint density at radius 3 is 2.54 bits per heavy atom. The Hall–Kier alpha value is -1.95. The molecular weight excluding hydrogens is 401 g/mol. The highest BCUT2D eigenvalue weighted by Gasteiger charge is 2.19. The average molecular weight is 426 g/mol. The van der Waals surface area contributed by atoms with E-state index in [-0.39, 0.29) is 12.5 Å². The van der Waals surface area contributed by atoms with Crippen LogP contribution in [-0.4, -0.2) is 24.2 Å². The highest BCUT2D eigenvalue weighted by molar-refractivity contribution is 6.42. The molecule has 0 spiro atoms. The number of methoxy groups -OCH3 is 1. The predicted molar refractivity (Wildman–Crippen MR) is 112 cm³/mol. The Bertz CT molecular complexity index is 811. The van der Waals surface area contributed by atoms with Gasteiger partial charge < -0.3 is 19.9 Å². The van der Waals surface area contributed by atoms with Crippen LogP contribution in [0.2, 0.25) is 10.0 Å². The van der Waals surface area contributed by atoms with E-state index in [0.29, 0.717) is 34.5 Å². The first-order chi connectivity index (χ1) is 13.3. The van der Waals surface area contributed by atoms with Gasteiger partial charge in [-0.1, -0.05) is 55.2 Å². The molecule has 0 aliphatic rings. The molecule has 0 radical (unpaired) electrons. The quantitative estimate of drug-likeness (QED) is 0.549. The number of carbonyl (C=O) groups is 1. The van der Waals surface area contributed by atoms with Crippen LogP contribution in [0.3, 0.4) is 0 Å². The van der Waals surface area contributed by atoms with Gasteiger partial charge in [0.2, 0.25) is 0 Å². The summed E-state index contributed by atoms with van der Waals surface area (Å²) in [5.74, 6) is 0.548. The van der Waals surface area contributed by atoms with Crippen molar-refractivity contribution in [3.8, 4) is 11.5 Å². The number of ether oxygens (including phenoxy) is 2. The predicted octanol–water partition coefficient (Wildman–Crippen LogP) is 5.17. The van der Waals surface area contributed by atoms with E-state index in [1.807, 2.05) is 32.0 Å². The van der Waals surface area contributed by atoms with Gasteiger partial charge in [-0.3, -0.25) is 4.79 Å². The zero-order valence-electron chi connectivity index (χ0n) is 16.2. The third-order valence-electron chi connectivity index (χ3n) is 4.19. The summed E-state index contributed by atoms with van der Waals surface area (Å²) < 4.78 is 11.4. The summed E-state index contributed by atoms with van der Waals surface area (Å²) in [7, 11) is 1.57. The molecule has 0 fully saturated rings. The van der Waals surface area contributed by atoms with Crippen molar-refractivity contribution in [3.63, 3.8) is 0 Å². The van der Waals surface area contributed by atoms with Gasteiger partial charge in [0.05, 0.1) is 17.2 Å². The molecule has 2 N–H and O–H groups in total. The van der Waals surface area contributed by atoms with E-state index < -0.39 is 12.0 Å². The number of hydrogen-bond donors (Lipinski definition) is 2. The molecule has 0 aliphatic carbocycles. The van der Waals surface area contributed by atoms with Crippen molar-refractivity contribution >= 4 is 29.2 Å². The second-order valence-electron chi connectivity index (χ2n) is 6.89. The average Bonchev–Trinajstić information content (AvgIpc) is 2.65. The maximum absolute atomic E-state index is 11.5. The number of hydrogen-bond acceptors (Lipinski definition) is 4. The van der Waals surface area contributed by atoms with Crippen LogP contribution in [0.15, 0.2) is 36.4 Å². The minimum absolute atomic E-state index is 0.268. The fourth-order valence-corrected chi connectivity index (χ4v) is 3.11. The second kappa shape index (κ2) is 10.6. The topological polar surface area (TPSA) is 67.8 Å². The van der Waals surface area contributed by atoms with Gasteiger partial charge in [-0.25, -0.2) is 0 Å². The molecule has 7 heteroatoms. The van der Waals surface area contributed by atoms with Gasteiger partial charge in [0.1, 0.15) is 12.6 Å². The summed E-state index contributed by atoms with van der Waals surface area (Å²) in [6.07, 6.45) is 0.540. The summed E-state index contributed by atoms with van der Waals surface area (Å²) >= 11 is 12.0. The first kappa shape index (κ1) is 22.3. The van der Waals surface area contributed by atoms with Crippen LogP contribution in [0.25, 0.3) is 0 Å². The van der Waals surface area contributed by atoms with Crippen LogP contribution in [0.1, 0.15) is 31.4 Å². The van der Waals surface area contributed by atoms with Crippen LogP contribution in [0, 0.1) is 5.92 Å². The molecule has 0 amide bonds. The lowest BCUT2D eigenvalue weighted by Gasteiger charge is -2.19. The van der Waals surface area contributed by atoms with E-state index in [2.05, 4.69) is 5.32 Å². The Morgan fingerprint density at radius 2 is 1.93 bits per heavy atom. The molecule has 0 heterocycles. The molecule has 2 rings (SSSR count). The van der Waals surface area contributed by atoms with Gasteiger partial charge in [0.25, 0.3) is 0 Å².